The van der Waals surface area contributed by atoms with Crippen molar-refractivity contribution in [3.05, 3.63) is 12.7 Å². The lowest BCUT2D eigenvalue weighted by Crippen LogP contribution is -2.09. The topological polar surface area (TPSA) is 69.4 Å². The molecule has 0 saturated carbocycles. The molecule has 0 aromatic heterocycles. The Labute approximate surface area is 155 Å². The zero-order chi connectivity index (χ0) is 19.2. The van der Waals surface area contributed by atoms with E-state index in [1.165, 1.54) is 77.0 Å². The van der Waals surface area contributed by atoms with E-state index in [2.05, 4.69) is 18.2 Å². The molecule has 0 atom stereocenters. The number of hydrogen-bond acceptors (Lipinski definition) is 3. The van der Waals surface area contributed by atoms with Gasteiger partial charge in [0.2, 0.25) is 5.91 Å². The molecule has 4 heteroatoms. The first-order chi connectivity index (χ1) is 12.1. The van der Waals surface area contributed by atoms with E-state index >= 15 is 0 Å². The van der Waals surface area contributed by atoms with E-state index < -0.39 is 0 Å². The predicted molar refractivity (Wildman–Crippen MR) is 106 cm³/mol. The smallest absolute Gasteiger partial charge is 0.330 e. The van der Waals surface area contributed by atoms with E-state index in [-0.39, 0.29) is 11.9 Å². The molecule has 0 spiro atoms. The summed E-state index contributed by atoms with van der Waals surface area (Å²) in [6, 6.07) is 0. The molecule has 0 rings (SSSR count). The van der Waals surface area contributed by atoms with Gasteiger partial charge in [-0.3, -0.25) is 4.79 Å². The van der Waals surface area contributed by atoms with E-state index in [4.69, 9.17) is 5.73 Å². The maximum absolute atomic E-state index is 10.5. The average molecular weight is 356 g/mol. The van der Waals surface area contributed by atoms with E-state index in [0.29, 0.717) is 13.0 Å². The van der Waals surface area contributed by atoms with Crippen molar-refractivity contribution in [2.75, 3.05) is 6.61 Å². The quantitative estimate of drug-likeness (QED) is 0.220. The zero-order valence-corrected chi connectivity index (χ0v) is 16.7. The SMILES string of the molecule is C=CC(=O)OCC.CCCCCCCCCCCCCCCC(N)=O. The van der Waals surface area contributed by atoms with Crippen LogP contribution in [-0.2, 0) is 14.3 Å². The molecule has 0 aliphatic heterocycles. The van der Waals surface area contributed by atoms with Crippen molar-refractivity contribution in [3.8, 4) is 0 Å². The molecule has 2 N–H and O–H groups in total. The van der Waals surface area contributed by atoms with Crippen LogP contribution in [0.15, 0.2) is 12.7 Å². The van der Waals surface area contributed by atoms with Gasteiger partial charge < -0.3 is 10.5 Å². The minimum Gasteiger partial charge on any atom is -0.463 e. The Kier molecular flexibility index (Phi) is 23.5. The number of ether oxygens (including phenoxy) is 1. The van der Waals surface area contributed by atoms with Crippen molar-refractivity contribution < 1.29 is 14.3 Å². The fraction of sp³-hybridized carbons (Fsp3) is 0.810. The Morgan fingerprint density at radius 3 is 1.48 bits per heavy atom. The third-order valence-corrected chi connectivity index (χ3v) is 3.98. The largest absolute Gasteiger partial charge is 0.463 e. The number of carbonyl (C=O) groups is 2. The molecular formula is C21H41NO3. The van der Waals surface area contributed by atoms with Gasteiger partial charge in [-0.25, -0.2) is 4.79 Å². The fourth-order valence-electron chi connectivity index (χ4n) is 2.52. The molecule has 25 heavy (non-hydrogen) atoms. The summed E-state index contributed by atoms with van der Waals surface area (Å²) < 4.78 is 4.43. The van der Waals surface area contributed by atoms with Gasteiger partial charge in [0.1, 0.15) is 0 Å². The summed E-state index contributed by atoms with van der Waals surface area (Å²) in [5.41, 5.74) is 5.09. The van der Waals surface area contributed by atoms with Gasteiger partial charge in [0.05, 0.1) is 6.61 Å². The highest BCUT2D eigenvalue weighted by molar-refractivity contribution is 5.81. The summed E-state index contributed by atoms with van der Waals surface area (Å²) in [7, 11) is 0. The summed E-state index contributed by atoms with van der Waals surface area (Å²) in [6.07, 6.45) is 19.1. The van der Waals surface area contributed by atoms with Gasteiger partial charge in [-0.05, 0) is 13.3 Å². The highest BCUT2D eigenvalue weighted by Gasteiger charge is 1.95. The van der Waals surface area contributed by atoms with Gasteiger partial charge in [0.25, 0.3) is 0 Å². The number of esters is 1. The lowest BCUT2D eigenvalue weighted by atomic mass is 10.0. The Bertz CT molecular complexity index is 316. The third-order valence-electron chi connectivity index (χ3n) is 3.98. The van der Waals surface area contributed by atoms with Crippen LogP contribution in [0.2, 0.25) is 0 Å². The Morgan fingerprint density at radius 2 is 1.20 bits per heavy atom. The summed E-state index contributed by atoms with van der Waals surface area (Å²) in [4.78, 5) is 20.6. The molecule has 0 saturated heterocycles. The van der Waals surface area contributed by atoms with Crippen molar-refractivity contribution in [1.29, 1.82) is 0 Å². The van der Waals surface area contributed by atoms with Crippen LogP contribution in [0.3, 0.4) is 0 Å². The second kappa shape index (κ2) is 22.7. The number of hydrogen-bond donors (Lipinski definition) is 1. The molecule has 0 unspecified atom stereocenters. The second-order valence-electron chi connectivity index (χ2n) is 6.42. The lowest BCUT2D eigenvalue weighted by molar-refractivity contribution is -0.137. The number of carbonyl (C=O) groups excluding carboxylic acids is 2. The highest BCUT2D eigenvalue weighted by atomic mass is 16.5. The molecule has 1 amide bonds. The average Bonchev–Trinajstić information content (AvgIpc) is 2.59. The summed E-state index contributed by atoms with van der Waals surface area (Å²) in [5, 5.41) is 0. The van der Waals surface area contributed by atoms with Gasteiger partial charge in [0.15, 0.2) is 0 Å². The van der Waals surface area contributed by atoms with Crippen LogP contribution in [-0.4, -0.2) is 18.5 Å². The van der Waals surface area contributed by atoms with Gasteiger partial charge in [-0.15, -0.1) is 0 Å². The maximum atomic E-state index is 10.5. The maximum Gasteiger partial charge on any atom is 0.330 e. The minimum absolute atomic E-state index is 0.155. The van der Waals surface area contributed by atoms with Crippen LogP contribution < -0.4 is 5.73 Å². The third kappa shape index (κ3) is 27.8. The van der Waals surface area contributed by atoms with Crippen LogP contribution in [0.1, 0.15) is 104 Å². The minimum atomic E-state index is -0.359. The monoisotopic (exact) mass is 355 g/mol. The molecule has 0 aromatic carbocycles. The fourth-order valence-corrected chi connectivity index (χ4v) is 2.52. The second-order valence-corrected chi connectivity index (χ2v) is 6.42. The predicted octanol–water partition coefficient (Wildman–Crippen LogP) is 5.69. The normalized spacial score (nSPS) is 9.84. The van der Waals surface area contributed by atoms with Gasteiger partial charge in [-0.2, -0.15) is 0 Å². The molecule has 0 radical (unpaired) electrons. The zero-order valence-electron chi connectivity index (χ0n) is 16.7. The van der Waals surface area contributed by atoms with E-state index in [1.807, 2.05) is 0 Å². The molecule has 148 valence electrons. The van der Waals surface area contributed by atoms with Crippen molar-refractivity contribution >= 4 is 11.9 Å². The Hall–Kier alpha value is -1.32. The number of amides is 1. The van der Waals surface area contributed by atoms with Gasteiger partial charge in [0, 0.05) is 12.5 Å². The summed E-state index contributed by atoms with van der Waals surface area (Å²) in [6.45, 7) is 7.64. The highest BCUT2D eigenvalue weighted by Crippen LogP contribution is 2.12. The first-order valence-electron chi connectivity index (χ1n) is 10.2. The first kappa shape index (κ1) is 25.9. The molecule has 0 heterocycles. The van der Waals surface area contributed by atoms with Crippen molar-refractivity contribution in [2.45, 2.75) is 104 Å². The van der Waals surface area contributed by atoms with E-state index in [0.717, 1.165) is 12.5 Å². The van der Waals surface area contributed by atoms with Crippen LogP contribution in [0.5, 0.6) is 0 Å². The first-order valence-corrected chi connectivity index (χ1v) is 10.2. The molecule has 0 aliphatic rings. The van der Waals surface area contributed by atoms with Crippen LogP contribution >= 0.6 is 0 Å². The van der Waals surface area contributed by atoms with Crippen LogP contribution in [0.4, 0.5) is 0 Å². The van der Waals surface area contributed by atoms with Crippen molar-refractivity contribution in [3.63, 3.8) is 0 Å². The molecule has 4 nitrogen and oxygen atoms in total. The van der Waals surface area contributed by atoms with Crippen LogP contribution in [0, 0.1) is 0 Å². The number of unbranched alkanes of at least 4 members (excludes halogenated alkanes) is 12. The summed E-state index contributed by atoms with van der Waals surface area (Å²) >= 11 is 0. The summed E-state index contributed by atoms with van der Waals surface area (Å²) in [5.74, 6) is -0.513. The van der Waals surface area contributed by atoms with Gasteiger partial charge >= 0.3 is 5.97 Å². The molecule has 0 aliphatic carbocycles. The van der Waals surface area contributed by atoms with Gasteiger partial charge in [-0.1, -0.05) is 90.6 Å². The van der Waals surface area contributed by atoms with E-state index in [1.54, 1.807) is 6.92 Å². The van der Waals surface area contributed by atoms with Crippen molar-refractivity contribution in [2.24, 2.45) is 5.73 Å². The number of primary amides is 1. The Balaban J connectivity index is 0. The van der Waals surface area contributed by atoms with E-state index in [9.17, 15) is 9.59 Å². The number of rotatable bonds is 16. The number of nitrogens with two attached hydrogens (primary N) is 1. The van der Waals surface area contributed by atoms with Crippen LogP contribution in [0.25, 0.3) is 0 Å². The molecule has 0 bridgehead atoms. The molecular weight excluding hydrogens is 314 g/mol. The lowest BCUT2D eigenvalue weighted by Gasteiger charge is -2.02. The van der Waals surface area contributed by atoms with Crippen molar-refractivity contribution in [1.82, 2.24) is 0 Å². The standard InChI is InChI=1S/C16H33NO.C5H8O2/c1-2-3-4-5-6-7-8-9-10-11-12-13-14-15-16(17)18;1-3-5(6)7-4-2/h2-15H2,1H3,(H2,17,18);3H,1,4H2,2H3. The Morgan fingerprint density at radius 1 is 0.800 bits per heavy atom. The molecule has 0 fully saturated rings. The molecule has 0 aromatic rings.